The number of benzene rings is 2. The minimum Gasteiger partial charge on any atom is -0.325 e. The van der Waals surface area contributed by atoms with Gasteiger partial charge in [0.1, 0.15) is 5.82 Å². The van der Waals surface area contributed by atoms with Crippen molar-refractivity contribution in [2.45, 2.75) is 15.1 Å². The molecule has 0 bridgehead atoms. The maximum Gasteiger partial charge on any atom is 0.234 e. The molecule has 0 saturated carbocycles. The van der Waals surface area contributed by atoms with Crippen molar-refractivity contribution in [2.75, 3.05) is 11.1 Å². The third kappa shape index (κ3) is 5.35. The van der Waals surface area contributed by atoms with Crippen LogP contribution in [0.25, 0.3) is 10.2 Å². The summed E-state index contributed by atoms with van der Waals surface area (Å²) in [6.07, 6.45) is 1.71. The van der Waals surface area contributed by atoms with Crippen LogP contribution in [0.3, 0.4) is 0 Å². The Morgan fingerprint density at radius 3 is 2.76 bits per heavy atom. The fourth-order valence-corrected chi connectivity index (χ4v) is 5.32. The molecular formula is C21H16FN3OS3. The van der Waals surface area contributed by atoms with Crippen LogP contribution in [0.1, 0.15) is 5.56 Å². The van der Waals surface area contributed by atoms with Crippen LogP contribution in [0.2, 0.25) is 0 Å². The van der Waals surface area contributed by atoms with E-state index in [4.69, 9.17) is 0 Å². The van der Waals surface area contributed by atoms with Crippen molar-refractivity contribution in [1.29, 1.82) is 0 Å². The molecule has 0 unspecified atom stereocenters. The topological polar surface area (TPSA) is 54.9 Å². The first kappa shape index (κ1) is 19.9. The highest BCUT2D eigenvalue weighted by Gasteiger charge is 2.09. The van der Waals surface area contributed by atoms with Crippen molar-refractivity contribution in [2.24, 2.45) is 0 Å². The maximum atomic E-state index is 13.8. The Hall–Kier alpha value is -2.42. The first-order chi connectivity index (χ1) is 14.2. The lowest BCUT2D eigenvalue weighted by Gasteiger charge is -2.04. The van der Waals surface area contributed by atoms with Crippen LogP contribution in [0.15, 0.2) is 76.2 Å². The Kier molecular flexibility index (Phi) is 6.43. The molecule has 0 fully saturated rings. The van der Waals surface area contributed by atoms with E-state index in [2.05, 4.69) is 15.3 Å². The summed E-state index contributed by atoms with van der Waals surface area (Å²) in [5.74, 6) is 0.538. The fourth-order valence-electron chi connectivity index (χ4n) is 2.57. The van der Waals surface area contributed by atoms with Gasteiger partial charge in [-0.05, 0) is 42.0 Å². The minimum absolute atomic E-state index is 0.0846. The van der Waals surface area contributed by atoms with Gasteiger partial charge < -0.3 is 5.32 Å². The normalized spacial score (nSPS) is 10.9. The molecule has 2 heterocycles. The number of hydrogen-bond acceptors (Lipinski definition) is 6. The maximum absolute atomic E-state index is 13.8. The SMILES string of the molecule is O=C(CSc1ccccn1)Nc1ccc2nc(SCc3ccccc3F)sc2c1. The van der Waals surface area contributed by atoms with E-state index in [1.54, 1.807) is 18.3 Å². The molecule has 0 atom stereocenters. The predicted octanol–water partition coefficient (Wildman–Crippen LogP) is 5.85. The van der Waals surface area contributed by atoms with Crippen molar-refractivity contribution in [3.05, 3.63) is 78.2 Å². The molecule has 4 rings (SSSR count). The van der Waals surface area contributed by atoms with Crippen LogP contribution >= 0.6 is 34.9 Å². The molecule has 1 amide bonds. The molecule has 1 N–H and O–H groups in total. The third-order valence-electron chi connectivity index (χ3n) is 3.95. The first-order valence-corrected chi connectivity index (χ1v) is 11.6. The van der Waals surface area contributed by atoms with E-state index >= 15 is 0 Å². The standard InChI is InChI=1S/C21H16FN3OS3/c22-16-6-2-1-5-14(16)12-28-21-25-17-9-8-15(11-18(17)29-21)24-19(26)13-27-20-7-3-4-10-23-20/h1-11H,12-13H2,(H,24,26). The Balaban J connectivity index is 1.37. The zero-order chi connectivity index (χ0) is 20.1. The molecule has 0 radical (unpaired) electrons. The lowest BCUT2D eigenvalue weighted by Crippen LogP contribution is -2.13. The number of thioether (sulfide) groups is 2. The van der Waals surface area contributed by atoms with E-state index in [1.807, 2.05) is 42.5 Å². The van der Waals surface area contributed by atoms with Crippen molar-refractivity contribution < 1.29 is 9.18 Å². The molecule has 8 heteroatoms. The number of anilines is 1. The number of nitrogens with one attached hydrogen (secondary N) is 1. The van der Waals surface area contributed by atoms with Crippen LogP contribution in [0.4, 0.5) is 10.1 Å². The van der Waals surface area contributed by atoms with Crippen LogP contribution in [0.5, 0.6) is 0 Å². The highest BCUT2D eigenvalue weighted by Crippen LogP contribution is 2.33. The largest absolute Gasteiger partial charge is 0.325 e. The van der Waals surface area contributed by atoms with Gasteiger partial charge in [0, 0.05) is 17.6 Å². The van der Waals surface area contributed by atoms with Gasteiger partial charge in [0.2, 0.25) is 5.91 Å². The van der Waals surface area contributed by atoms with Crippen LogP contribution in [-0.2, 0) is 10.5 Å². The molecule has 0 aliphatic heterocycles. The molecule has 0 saturated heterocycles. The molecule has 4 aromatic rings. The number of carbonyl (C=O) groups excluding carboxylic acids is 1. The van der Waals surface area contributed by atoms with Gasteiger partial charge >= 0.3 is 0 Å². The van der Waals surface area contributed by atoms with E-state index in [1.165, 1.54) is 40.9 Å². The van der Waals surface area contributed by atoms with E-state index in [9.17, 15) is 9.18 Å². The highest BCUT2D eigenvalue weighted by atomic mass is 32.2. The number of halogens is 1. The number of hydrogen-bond donors (Lipinski definition) is 1. The molecule has 0 aliphatic rings. The molecule has 2 aromatic heterocycles. The number of aromatic nitrogens is 2. The number of nitrogens with zero attached hydrogens (tertiary/aromatic N) is 2. The molecule has 2 aromatic carbocycles. The molecule has 29 heavy (non-hydrogen) atoms. The molecule has 0 spiro atoms. The summed E-state index contributed by atoms with van der Waals surface area (Å²) >= 11 is 4.44. The lowest BCUT2D eigenvalue weighted by molar-refractivity contribution is -0.113. The molecular weight excluding hydrogens is 425 g/mol. The lowest BCUT2D eigenvalue weighted by atomic mass is 10.2. The van der Waals surface area contributed by atoms with Gasteiger partial charge in [0.25, 0.3) is 0 Å². The smallest absolute Gasteiger partial charge is 0.234 e. The number of rotatable bonds is 7. The number of fused-ring (bicyclic) bond motifs is 1. The van der Waals surface area contributed by atoms with Crippen molar-refractivity contribution in [3.63, 3.8) is 0 Å². The van der Waals surface area contributed by atoms with Crippen LogP contribution in [-0.4, -0.2) is 21.6 Å². The number of amides is 1. The first-order valence-electron chi connectivity index (χ1n) is 8.78. The van der Waals surface area contributed by atoms with Gasteiger partial charge in [0.15, 0.2) is 4.34 Å². The second-order valence-electron chi connectivity index (χ2n) is 6.05. The summed E-state index contributed by atoms with van der Waals surface area (Å²) in [6, 6.07) is 18.0. The van der Waals surface area contributed by atoms with Gasteiger partial charge in [-0.15, -0.1) is 11.3 Å². The van der Waals surface area contributed by atoms with Gasteiger partial charge in [-0.3, -0.25) is 4.79 Å². The Labute approximate surface area is 180 Å². The Morgan fingerprint density at radius 1 is 1.07 bits per heavy atom. The van der Waals surface area contributed by atoms with Gasteiger partial charge in [-0.1, -0.05) is 47.8 Å². The van der Waals surface area contributed by atoms with Gasteiger partial charge in [-0.2, -0.15) is 0 Å². The van der Waals surface area contributed by atoms with Crippen molar-refractivity contribution in [1.82, 2.24) is 9.97 Å². The third-order valence-corrected chi connectivity index (χ3v) is 7.10. The van der Waals surface area contributed by atoms with Crippen molar-refractivity contribution >= 4 is 56.7 Å². The summed E-state index contributed by atoms with van der Waals surface area (Å²) < 4.78 is 15.6. The minimum atomic E-state index is -0.199. The summed E-state index contributed by atoms with van der Waals surface area (Å²) in [7, 11) is 0. The second-order valence-corrected chi connectivity index (χ2v) is 9.30. The summed E-state index contributed by atoms with van der Waals surface area (Å²) in [5.41, 5.74) is 2.26. The quantitative estimate of drug-likeness (QED) is 0.364. The van der Waals surface area contributed by atoms with Gasteiger partial charge in [0.05, 0.1) is 21.0 Å². The monoisotopic (exact) mass is 441 g/mol. The van der Waals surface area contributed by atoms with Crippen LogP contribution in [0, 0.1) is 5.82 Å². The average Bonchev–Trinajstić information content (AvgIpc) is 3.15. The Morgan fingerprint density at radius 2 is 1.93 bits per heavy atom. The van der Waals surface area contributed by atoms with E-state index in [0.717, 1.165) is 25.3 Å². The zero-order valence-corrected chi connectivity index (χ0v) is 17.6. The van der Waals surface area contributed by atoms with E-state index < -0.39 is 0 Å². The Bertz CT molecular complexity index is 1130. The zero-order valence-electron chi connectivity index (χ0n) is 15.2. The van der Waals surface area contributed by atoms with Crippen LogP contribution < -0.4 is 5.32 Å². The molecule has 0 aliphatic carbocycles. The summed E-state index contributed by atoms with van der Waals surface area (Å²) in [5, 5.41) is 3.73. The van der Waals surface area contributed by atoms with Crippen molar-refractivity contribution in [3.8, 4) is 0 Å². The van der Waals surface area contributed by atoms with E-state index in [-0.39, 0.29) is 11.7 Å². The summed E-state index contributed by atoms with van der Waals surface area (Å²) in [4.78, 5) is 21.0. The molecule has 146 valence electrons. The van der Waals surface area contributed by atoms with E-state index in [0.29, 0.717) is 17.1 Å². The number of carbonyl (C=O) groups is 1. The molecule has 4 nitrogen and oxygen atoms in total. The number of pyridine rings is 1. The predicted molar refractivity (Wildman–Crippen MR) is 119 cm³/mol. The number of thiazole rings is 1. The second kappa shape index (κ2) is 9.39. The summed E-state index contributed by atoms with van der Waals surface area (Å²) in [6.45, 7) is 0. The highest BCUT2D eigenvalue weighted by molar-refractivity contribution is 8.00. The van der Waals surface area contributed by atoms with Gasteiger partial charge in [-0.25, -0.2) is 14.4 Å². The fraction of sp³-hybridized carbons (Fsp3) is 0.0952. The average molecular weight is 442 g/mol.